The van der Waals surface area contributed by atoms with Crippen LogP contribution < -0.4 is 5.32 Å². The van der Waals surface area contributed by atoms with Gasteiger partial charge in [0.05, 0.1) is 0 Å². The Morgan fingerprint density at radius 1 is 1.36 bits per heavy atom. The van der Waals surface area contributed by atoms with Gasteiger partial charge in [0.1, 0.15) is 0 Å². The molecule has 0 unspecified atom stereocenters. The first-order chi connectivity index (χ1) is 6.65. The van der Waals surface area contributed by atoms with E-state index >= 15 is 0 Å². The Hall–Kier alpha value is -1.57. The molecule has 0 radical (unpaired) electrons. The first kappa shape index (κ1) is 10.5. The van der Waals surface area contributed by atoms with Crippen LogP contribution in [0.4, 0.5) is 0 Å². The van der Waals surface area contributed by atoms with E-state index in [0.717, 1.165) is 11.1 Å². The normalized spacial score (nSPS) is 10.5. The first-order valence-electron chi connectivity index (χ1n) is 4.60. The fraction of sp³-hybridized carbons (Fsp3) is 0.250. The van der Waals surface area contributed by atoms with Gasteiger partial charge in [-0.2, -0.15) is 0 Å². The summed E-state index contributed by atoms with van der Waals surface area (Å²) in [5.41, 5.74) is 2.97. The van der Waals surface area contributed by atoms with Crippen molar-refractivity contribution in [2.75, 3.05) is 7.05 Å². The molecule has 0 saturated heterocycles. The Morgan fingerprint density at radius 3 is 2.64 bits per heavy atom. The maximum atomic E-state index is 11.6. The summed E-state index contributed by atoms with van der Waals surface area (Å²) in [6.45, 7) is 3.97. The quantitative estimate of drug-likeness (QED) is 0.583. The van der Waals surface area contributed by atoms with E-state index in [1.165, 1.54) is 11.6 Å². The number of carbonyl (C=O) groups excluding carboxylic acids is 1. The molecule has 2 nitrogen and oxygen atoms in total. The largest absolute Gasteiger partial charge is 0.394 e. The highest BCUT2D eigenvalue weighted by Gasteiger charge is 2.04. The molecule has 0 aromatic heterocycles. The molecule has 0 aliphatic heterocycles. The number of hydrogen-bond donors (Lipinski definition) is 1. The van der Waals surface area contributed by atoms with E-state index in [4.69, 9.17) is 0 Å². The van der Waals surface area contributed by atoms with Gasteiger partial charge in [0, 0.05) is 24.9 Å². The zero-order valence-electron chi connectivity index (χ0n) is 8.79. The highest BCUT2D eigenvalue weighted by molar-refractivity contribution is 6.05. The van der Waals surface area contributed by atoms with Crippen molar-refractivity contribution in [1.29, 1.82) is 0 Å². The highest BCUT2D eigenvalue weighted by atomic mass is 16.1. The Labute approximate surface area is 84.6 Å². The number of allylic oxidation sites excluding steroid dienone is 1. The smallest absolute Gasteiger partial charge is 0.187 e. The second-order valence-corrected chi connectivity index (χ2v) is 3.30. The van der Waals surface area contributed by atoms with E-state index in [-0.39, 0.29) is 5.78 Å². The van der Waals surface area contributed by atoms with Crippen molar-refractivity contribution in [3.8, 4) is 0 Å². The van der Waals surface area contributed by atoms with Crippen LogP contribution in [0.25, 0.3) is 0 Å². The van der Waals surface area contributed by atoms with Crippen LogP contribution in [-0.4, -0.2) is 12.8 Å². The van der Waals surface area contributed by atoms with Crippen LogP contribution >= 0.6 is 0 Å². The third kappa shape index (κ3) is 2.46. The maximum absolute atomic E-state index is 11.6. The molecule has 0 amide bonds. The van der Waals surface area contributed by atoms with Gasteiger partial charge in [0.2, 0.25) is 0 Å². The molecule has 1 aromatic carbocycles. The van der Waals surface area contributed by atoms with E-state index in [1.807, 2.05) is 32.0 Å². The van der Waals surface area contributed by atoms with E-state index in [2.05, 4.69) is 5.32 Å². The Morgan fingerprint density at radius 2 is 2.07 bits per heavy atom. The van der Waals surface area contributed by atoms with Crippen molar-refractivity contribution in [3.05, 3.63) is 47.2 Å². The SMILES string of the molecule is CNC=CC(=O)c1ccc(C)cc1C. The zero-order valence-corrected chi connectivity index (χ0v) is 8.79. The minimum Gasteiger partial charge on any atom is -0.394 e. The molecule has 1 aromatic rings. The Kier molecular flexibility index (Phi) is 3.46. The average molecular weight is 189 g/mol. The molecule has 1 rings (SSSR count). The maximum Gasteiger partial charge on any atom is 0.187 e. The van der Waals surface area contributed by atoms with Crippen molar-refractivity contribution in [3.63, 3.8) is 0 Å². The van der Waals surface area contributed by atoms with Gasteiger partial charge in [-0.05, 0) is 19.4 Å². The van der Waals surface area contributed by atoms with Crippen LogP contribution in [0, 0.1) is 13.8 Å². The molecule has 1 N–H and O–H groups in total. The monoisotopic (exact) mass is 189 g/mol. The van der Waals surface area contributed by atoms with E-state index in [9.17, 15) is 4.79 Å². The molecule has 14 heavy (non-hydrogen) atoms. The second kappa shape index (κ2) is 4.61. The molecular weight excluding hydrogens is 174 g/mol. The zero-order chi connectivity index (χ0) is 10.6. The van der Waals surface area contributed by atoms with Gasteiger partial charge >= 0.3 is 0 Å². The summed E-state index contributed by atoms with van der Waals surface area (Å²) in [6, 6.07) is 5.83. The lowest BCUT2D eigenvalue weighted by molar-refractivity contribution is 0.104. The van der Waals surface area contributed by atoms with Crippen LogP contribution in [0.3, 0.4) is 0 Å². The predicted molar refractivity (Wildman–Crippen MR) is 58.4 cm³/mol. The Balaban J connectivity index is 2.96. The molecule has 0 saturated carbocycles. The van der Waals surface area contributed by atoms with Gasteiger partial charge in [-0.25, -0.2) is 0 Å². The molecular formula is C12H15NO. The van der Waals surface area contributed by atoms with E-state index in [1.54, 1.807) is 13.2 Å². The molecule has 0 heterocycles. The molecule has 74 valence electrons. The van der Waals surface area contributed by atoms with Crippen molar-refractivity contribution >= 4 is 5.78 Å². The van der Waals surface area contributed by atoms with E-state index in [0.29, 0.717) is 0 Å². The topological polar surface area (TPSA) is 29.1 Å². The third-order valence-corrected chi connectivity index (χ3v) is 2.05. The van der Waals surface area contributed by atoms with E-state index < -0.39 is 0 Å². The minimum atomic E-state index is 0.0388. The molecule has 0 spiro atoms. The summed E-state index contributed by atoms with van der Waals surface area (Å²) in [5, 5.41) is 2.80. The number of rotatable bonds is 3. The summed E-state index contributed by atoms with van der Waals surface area (Å²) in [4.78, 5) is 11.6. The molecule has 0 aliphatic rings. The van der Waals surface area contributed by atoms with Gasteiger partial charge in [-0.1, -0.05) is 23.8 Å². The third-order valence-electron chi connectivity index (χ3n) is 2.05. The lowest BCUT2D eigenvalue weighted by Crippen LogP contribution is -2.01. The van der Waals surface area contributed by atoms with Crippen molar-refractivity contribution in [1.82, 2.24) is 5.32 Å². The summed E-state index contributed by atoms with van der Waals surface area (Å²) in [7, 11) is 1.77. The molecule has 0 atom stereocenters. The van der Waals surface area contributed by atoms with Gasteiger partial charge < -0.3 is 5.32 Å². The molecule has 2 heteroatoms. The van der Waals surface area contributed by atoms with Gasteiger partial charge in [-0.3, -0.25) is 4.79 Å². The van der Waals surface area contributed by atoms with Crippen molar-refractivity contribution < 1.29 is 4.79 Å². The van der Waals surface area contributed by atoms with Crippen LogP contribution in [0.1, 0.15) is 21.5 Å². The molecule has 0 bridgehead atoms. The van der Waals surface area contributed by atoms with Gasteiger partial charge in [0.25, 0.3) is 0 Å². The number of benzene rings is 1. The van der Waals surface area contributed by atoms with Crippen molar-refractivity contribution in [2.24, 2.45) is 0 Å². The van der Waals surface area contributed by atoms with Crippen LogP contribution in [-0.2, 0) is 0 Å². The predicted octanol–water partition coefficient (Wildman–Crippen LogP) is 2.22. The summed E-state index contributed by atoms with van der Waals surface area (Å²) >= 11 is 0. The van der Waals surface area contributed by atoms with Gasteiger partial charge in [0.15, 0.2) is 5.78 Å². The fourth-order valence-corrected chi connectivity index (χ4v) is 1.34. The lowest BCUT2D eigenvalue weighted by Gasteiger charge is -2.02. The number of ketones is 1. The molecule has 0 fully saturated rings. The number of nitrogens with one attached hydrogen (secondary N) is 1. The summed E-state index contributed by atoms with van der Waals surface area (Å²) in [6.07, 6.45) is 3.18. The van der Waals surface area contributed by atoms with Gasteiger partial charge in [-0.15, -0.1) is 0 Å². The number of carbonyl (C=O) groups is 1. The second-order valence-electron chi connectivity index (χ2n) is 3.30. The summed E-state index contributed by atoms with van der Waals surface area (Å²) < 4.78 is 0. The average Bonchev–Trinajstić information content (AvgIpc) is 2.14. The molecule has 0 aliphatic carbocycles. The highest BCUT2D eigenvalue weighted by Crippen LogP contribution is 2.11. The van der Waals surface area contributed by atoms with Crippen LogP contribution in [0.15, 0.2) is 30.5 Å². The first-order valence-corrected chi connectivity index (χ1v) is 4.60. The lowest BCUT2D eigenvalue weighted by atomic mass is 10.0. The fourth-order valence-electron chi connectivity index (χ4n) is 1.34. The summed E-state index contributed by atoms with van der Waals surface area (Å²) in [5.74, 6) is 0.0388. The van der Waals surface area contributed by atoms with Crippen LogP contribution in [0.5, 0.6) is 0 Å². The Bertz CT molecular complexity index is 367. The number of aryl methyl sites for hydroxylation is 2. The standard InChI is InChI=1S/C12H15NO/c1-9-4-5-11(10(2)8-9)12(14)6-7-13-3/h4-8,13H,1-3H3. The van der Waals surface area contributed by atoms with Crippen LogP contribution in [0.2, 0.25) is 0 Å². The number of hydrogen-bond acceptors (Lipinski definition) is 2. The van der Waals surface area contributed by atoms with Crippen molar-refractivity contribution in [2.45, 2.75) is 13.8 Å². The minimum absolute atomic E-state index is 0.0388.